The largest absolute Gasteiger partial charge is 0.289 e. The third-order valence-corrected chi connectivity index (χ3v) is 4.44. The van der Waals surface area contributed by atoms with Gasteiger partial charge in [0, 0.05) is 22.3 Å². The molecule has 2 aliphatic rings. The molecule has 3 rings (SSSR count). The Morgan fingerprint density at radius 2 is 1.70 bits per heavy atom. The van der Waals surface area contributed by atoms with E-state index in [1.807, 2.05) is 18.2 Å². The maximum atomic E-state index is 12.8. The third-order valence-electron chi connectivity index (χ3n) is 4.44. The van der Waals surface area contributed by atoms with Crippen molar-refractivity contribution in [2.75, 3.05) is 0 Å². The van der Waals surface area contributed by atoms with Gasteiger partial charge in [0.2, 0.25) is 0 Å². The van der Waals surface area contributed by atoms with Gasteiger partial charge in [-0.05, 0) is 44.1 Å². The number of hydrogen-bond acceptors (Lipinski definition) is 2. The molecule has 0 atom stereocenters. The fraction of sp³-hybridized carbons (Fsp3) is 0.444. The molecule has 0 radical (unpaired) electrons. The maximum Gasteiger partial charge on any atom is 0.190 e. The molecular formula is C18H20O2. The molecule has 104 valence electrons. The first-order valence-corrected chi connectivity index (χ1v) is 7.67. The monoisotopic (exact) mass is 268 g/mol. The standard InChI is InChI=1S/C18H20O2/c1-2-3-7-12-8-6-11-15-16(12)18(20)14-10-5-4-9-13(14)17(15)19/h6,8,11H,2-5,7,9-10H2,1H3. The summed E-state index contributed by atoms with van der Waals surface area (Å²) in [5, 5.41) is 0. The molecule has 0 heterocycles. The van der Waals surface area contributed by atoms with Crippen molar-refractivity contribution in [3.8, 4) is 0 Å². The summed E-state index contributed by atoms with van der Waals surface area (Å²) in [6.07, 6.45) is 6.66. The minimum Gasteiger partial charge on any atom is -0.289 e. The van der Waals surface area contributed by atoms with Crippen molar-refractivity contribution in [2.45, 2.75) is 51.9 Å². The number of carbonyl (C=O) groups excluding carboxylic acids is 2. The van der Waals surface area contributed by atoms with Crippen LogP contribution in [0, 0.1) is 0 Å². The predicted octanol–water partition coefficient (Wildman–Crippen LogP) is 4.28. The smallest absolute Gasteiger partial charge is 0.190 e. The molecule has 0 amide bonds. The summed E-state index contributed by atoms with van der Waals surface area (Å²) in [5.74, 6) is 0.230. The van der Waals surface area contributed by atoms with E-state index < -0.39 is 0 Å². The summed E-state index contributed by atoms with van der Waals surface area (Å²) in [7, 11) is 0. The molecule has 0 N–H and O–H groups in total. The second kappa shape index (κ2) is 5.35. The van der Waals surface area contributed by atoms with Gasteiger partial charge in [-0.3, -0.25) is 9.59 Å². The predicted molar refractivity (Wildman–Crippen MR) is 79.2 cm³/mol. The minimum atomic E-state index is 0.104. The quantitative estimate of drug-likeness (QED) is 0.820. The number of hydrogen-bond donors (Lipinski definition) is 0. The molecule has 1 aromatic carbocycles. The van der Waals surface area contributed by atoms with Crippen molar-refractivity contribution >= 4 is 11.6 Å². The molecule has 0 unspecified atom stereocenters. The topological polar surface area (TPSA) is 34.1 Å². The first-order valence-electron chi connectivity index (χ1n) is 7.67. The first-order chi connectivity index (χ1) is 9.74. The number of aryl methyl sites for hydroxylation is 1. The van der Waals surface area contributed by atoms with E-state index in [4.69, 9.17) is 0 Å². The van der Waals surface area contributed by atoms with Crippen molar-refractivity contribution < 1.29 is 9.59 Å². The molecule has 0 saturated heterocycles. The molecule has 0 saturated carbocycles. The van der Waals surface area contributed by atoms with Gasteiger partial charge in [0.15, 0.2) is 11.6 Å². The van der Waals surface area contributed by atoms with Gasteiger partial charge in [-0.2, -0.15) is 0 Å². The van der Waals surface area contributed by atoms with E-state index >= 15 is 0 Å². The zero-order valence-electron chi connectivity index (χ0n) is 12.0. The van der Waals surface area contributed by atoms with Crippen LogP contribution >= 0.6 is 0 Å². The summed E-state index contributed by atoms with van der Waals surface area (Å²) in [4.78, 5) is 25.4. The summed E-state index contributed by atoms with van der Waals surface area (Å²) in [6.45, 7) is 2.14. The van der Waals surface area contributed by atoms with Crippen LogP contribution in [0.1, 0.15) is 71.7 Å². The Bertz CT molecular complexity index is 608. The Kier molecular flexibility index (Phi) is 3.56. The van der Waals surface area contributed by atoms with Crippen LogP contribution in [0.4, 0.5) is 0 Å². The van der Waals surface area contributed by atoms with E-state index in [1.54, 1.807) is 0 Å². The lowest BCUT2D eigenvalue weighted by Crippen LogP contribution is -2.25. The molecular weight excluding hydrogens is 248 g/mol. The van der Waals surface area contributed by atoms with E-state index in [2.05, 4.69) is 6.92 Å². The van der Waals surface area contributed by atoms with Crippen LogP contribution in [0.25, 0.3) is 0 Å². The highest BCUT2D eigenvalue weighted by Crippen LogP contribution is 2.36. The number of benzene rings is 1. The molecule has 0 bridgehead atoms. The number of fused-ring (bicyclic) bond motifs is 1. The lowest BCUT2D eigenvalue weighted by molar-refractivity contribution is 0.0963. The number of carbonyl (C=O) groups is 2. The number of ketones is 2. The molecule has 0 fully saturated rings. The Balaban J connectivity index is 2.10. The summed E-state index contributed by atoms with van der Waals surface area (Å²) < 4.78 is 0. The number of rotatable bonds is 3. The highest BCUT2D eigenvalue weighted by molar-refractivity contribution is 6.27. The summed E-state index contributed by atoms with van der Waals surface area (Å²) in [5.41, 5.74) is 4.00. The molecule has 0 aromatic heterocycles. The molecule has 0 spiro atoms. The van der Waals surface area contributed by atoms with E-state index in [9.17, 15) is 9.59 Å². The van der Waals surface area contributed by atoms with E-state index in [-0.39, 0.29) is 11.6 Å². The zero-order valence-corrected chi connectivity index (χ0v) is 12.0. The average Bonchev–Trinajstić information content (AvgIpc) is 2.50. The second-order valence-electron chi connectivity index (χ2n) is 5.77. The minimum absolute atomic E-state index is 0.104. The second-order valence-corrected chi connectivity index (χ2v) is 5.77. The van der Waals surface area contributed by atoms with Crippen LogP contribution in [0.5, 0.6) is 0 Å². The van der Waals surface area contributed by atoms with Crippen LogP contribution in [-0.2, 0) is 6.42 Å². The zero-order chi connectivity index (χ0) is 14.1. The van der Waals surface area contributed by atoms with Gasteiger partial charge in [-0.1, -0.05) is 31.5 Å². The van der Waals surface area contributed by atoms with Gasteiger partial charge in [-0.15, -0.1) is 0 Å². The molecule has 2 aliphatic carbocycles. The first kappa shape index (κ1) is 13.3. The van der Waals surface area contributed by atoms with Gasteiger partial charge in [0.25, 0.3) is 0 Å². The normalized spacial score (nSPS) is 18.1. The molecule has 20 heavy (non-hydrogen) atoms. The van der Waals surface area contributed by atoms with Crippen molar-refractivity contribution in [2.24, 2.45) is 0 Å². The van der Waals surface area contributed by atoms with E-state index in [0.717, 1.165) is 61.7 Å². The summed E-state index contributed by atoms with van der Waals surface area (Å²) in [6, 6.07) is 5.75. The Labute approximate surface area is 119 Å². The Morgan fingerprint density at radius 1 is 1.00 bits per heavy atom. The summed E-state index contributed by atoms with van der Waals surface area (Å²) >= 11 is 0. The fourth-order valence-corrected chi connectivity index (χ4v) is 3.35. The van der Waals surface area contributed by atoms with Crippen LogP contribution in [0.15, 0.2) is 29.3 Å². The maximum absolute atomic E-state index is 12.8. The van der Waals surface area contributed by atoms with Crippen molar-refractivity contribution in [3.63, 3.8) is 0 Å². The van der Waals surface area contributed by atoms with Gasteiger partial charge < -0.3 is 0 Å². The average molecular weight is 268 g/mol. The Morgan fingerprint density at radius 3 is 2.40 bits per heavy atom. The lowest BCUT2D eigenvalue weighted by Gasteiger charge is -2.26. The third kappa shape index (κ3) is 2.04. The highest BCUT2D eigenvalue weighted by atomic mass is 16.1. The van der Waals surface area contributed by atoms with Crippen LogP contribution in [0.3, 0.4) is 0 Å². The van der Waals surface area contributed by atoms with Gasteiger partial charge in [0.05, 0.1) is 0 Å². The van der Waals surface area contributed by atoms with Crippen molar-refractivity contribution in [1.29, 1.82) is 0 Å². The lowest BCUT2D eigenvalue weighted by atomic mass is 9.75. The van der Waals surface area contributed by atoms with E-state index in [0.29, 0.717) is 11.1 Å². The number of Topliss-reactive ketones (excluding diaryl/α,β-unsaturated/α-hetero) is 2. The molecule has 2 heteroatoms. The molecule has 1 aromatic rings. The molecule has 0 aliphatic heterocycles. The number of unbranched alkanes of at least 4 members (excludes halogenated alkanes) is 1. The molecule has 2 nitrogen and oxygen atoms in total. The van der Waals surface area contributed by atoms with Gasteiger partial charge in [0.1, 0.15) is 0 Å². The van der Waals surface area contributed by atoms with Crippen molar-refractivity contribution in [1.82, 2.24) is 0 Å². The van der Waals surface area contributed by atoms with Gasteiger partial charge >= 0.3 is 0 Å². The van der Waals surface area contributed by atoms with Crippen LogP contribution in [-0.4, -0.2) is 11.6 Å². The highest BCUT2D eigenvalue weighted by Gasteiger charge is 2.34. The van der Waals surface area contributed by atoms with Gasteiger partial charge in [-0.25, -0.2) is 0 Å². The number of allylic oxidation sites excluding steroid dienone is 2. The van der Waals surface area contributed by atoms with E-state index in [1.165, 1.54) is 0 Å². The Hall–Kier alpha value is -1.70. The van der Waals surface area contributed by atoms with Crippen LogP contribution in [0.2, 0.25) is 0 Å². The SMILES string of the molecule is CCCCc1cccc2c1C(=O)C1=C(CCCC1)C2=O. The fourth-order valence-electron chi connectivity index (χ4n) is 3.35. The van der Waals surface area contributed by atoms with Crippen LogP contribution < -0.4 is 0 Å². The van der Waals surface area contributed by atoms with Crippen molar-refractivity contribution in [3.05, 3.63) is 46.0 Å².